The summed E-state index contributed by atoms with van der Waals surface area (Å²) in [5.41, 5.74) is 0. The zero-order valence-electron chi connectivity index (χ0n) is 12.3. The molecule has 5 heteroatoms. The van der Waals surface area contributed by atoms with E-state index in [9.17, 15) is 4.79 Å². The summed E-state index contributed by atoms with van der Waals surface area (Å²) in [6, 6.07) is 0.353. The fraction of sp³-hybridized carbons (Fsp3) is 0.929. The maximum Gasteiger partial charge on any atom is 0.221 e. The molecule has 5 nitrogen and oxygen atoms in total. The number of likely N-dealkylation sites (N-methyl/N-ethyl adjacent to an activating group) is 1. The number of rotatable bonds is 4. The number of hydrogen-bond donors (Lipinski definition) is 2. The molecule has 0 aromatic carbocycles. The van der Waals surface area contributed by atoms with Gasteiger partial charge in [0.25, 0.3) is 0 Å². The summed E-state index contributed by atoms with van der Waals surface area (Å²) in [4.78, 5) is 16.6. The van der Waals surface area contributed by atoms with Gasteiger partial charge in [-0.1, -0.05) is 0 Å². The topological polar surface area (TPSA) is 47.6 Å². The largest absolute Gasteiger partial charge is 0.356 e. The van der Waals surface area contributed by atoms with E-state index < -0.39 is 0 Å². The number of amides is 1. The number of hydrogen-bond acceptors (Lipinski definition) is 4. The molecule has 0 aromatic heterocycles. The first-order chi connectivity index (χ1) is 9.15. The second-order valence-corrected chi connectivity index (χ2v) is 6.09. The molecule has 110 valence electrons. The highest BCUT2D eigenvalue weighted by Gasteiger charge is 2.22. The molecule has 1 unspecified atom stereocenters. The van der Waals surface area contributed by atoms with Gasteiger partial charge in [-0.05, 0) is 45.9 Å². The normalized spacial score (nSPS) is 27.4. The predicted octanol–water partition coefficient (Wildman–Crippen LogP) is -0.262. The van der Waals surface area contributed by atoms with Crippen molar-refractivity contribution in [1.82, 2.24) is 20.4 Å². The van der Waals surface area contributed by atoms with Crippen molar-refractivity contribution >= 4 is 5.91 Å². The second-order valence-electron chi connectivity index (χ2n) is 6.09. The average molecular weight is 268 g/mol. The molecule has 1 atom stereocenters. The van der Waals surface area contributed by atoms with Crippen molar-refractivity contribution in [2.75, 3.05) is 53.4 Å². The first kappa shape index (κ1) is 14.8. The molecule has 2 heterocycles. The number of piperazine rings is 1. The van der Waals surface area contributed by atoms with Gasteiger partial charge in [-0.2, -0.15) is 0 Å². The van der Waals surface area contributed by atoms with Crippen molar-refractivity contribution in [1.29, 1.82) is 0 Å². The van der Waals surface area contributed by atoms with E-state index in [0.29, 0.717) is 18.4 Å². The Kier molecular flexibility index (Phi) is 5.60. The maximum atomic E-state index is 12.0. The van der Waals surface area contributed by atoms with E-state index in [1.807, 2.05) is 0 Å². The summed E-state index contributed by atoms with van der Waals surface area (Å²) in [6.07, 6.45) is 3.04. The van der Waals surface area contributed by atoms with Crippen molar-refractivity contribution in [3.63, 3.8) is 0 Å². The molecular weight excluding hydrogens is 240 g/mol. The molecule has 0 saturated carbocycles. The highest BCUT2D eigenvalue weighted by atomic mass is 16.1. The molecule has 2 rings (SSSR count). The molecule has 2 aliphatic heterocycles. The number of carbonyl (C=O) groups excluding carboxylic acids is 1. The zero-order chi connectivity index (χ0) is 13.7. The quantitative estimate of drug-likeness (QED) is 0.737. The second kappa shape index (κ2) is 7.22. The number of nitrogens with one attached hydrogen (secondary N) is 2. The number of piperidine rings is 1. The Labute approximate surface area is 116 Å². The van der Waals surface area contributed by atoms with Crippen molar-refractivity contribution in [2.24, 2.45) is 5.92 Å². The van der Waals surface area contributed by atoms with Gasteiger partial charge < -0.3 is 20.4 Å². The minimum atomic E-state index is 0.208. The monoisotopic (exact) mass is 268 g/mol. The van der Waals surface area contributed by atoms with Gasteiger partial charge in [-0.25, -0.2) is 0 Å². The Morgan fingerprint density at radius 2 is 2.00 bits per heavy atom. The molecule has 19 heavy (non-hydrogen) atoms. The lowest BCUT2D eigenvalue weighted by Gasteiger charge is -2.33. The summed E-state index contributed by atoms with van der Waals surface area (Å²) >= 11 is 0. The molecule has 0 aromatic rings. The summed E-state index contributed by atoms with van der Waals surface area (Å²) in [6.45, 7) is 6.18. The summed E-state index contributed by atoms with van der Waals surface area (Å²) < 4.78 is 0. The van der Waals surface area contributed by atoms with Crippen LogP contribution in [-0.2, 0) is 4.79 Å². The lowest BCUT2D eigenvalue weighted by Crippen LogP contribution is -2.51. The van der Waals surface area contributed by atoms with Crippen LogP contribution in [0, 0.1) is 5.92 Å². The van der Waals surface area contributed by atoms with Crippen LogP contribution in [0.5, 0.6) is 0 Å². The van der Waals surface area contributed by atoms with Crippen LogP contribution in [0.3, 0.4) is 0 Å². The number of likely N-dealkylation sites (tertiary alicyclic amines) is 1. The molecule has 2 aliphatic rings. The van der Waals surface area contributed by atoms with Crippen LogP contribution in [0.25, 0.3) is 0 Å². The molecule has 2 saturated heterocycles. The van der Waals surface area contributed by atoms with Gasteiger partial charge in [0.15, 0.2) is 0 Å². The SMILES string of the molecule is CN1CCC(CNC(=O)CC2CNCCN2C)CC1. The van der Waals surface area contributed by atoms with E-state index in [4.69, 9.17) is 0 Å². The lowest BCUT2D eigenvalue weighted by atomic mass is 9.97. The fourth-order valence-corrected chi connectivity index (χ4v) is 2.90. The van der Waals surface area contributed by atoms with E-state index in [0.717, 1.165) is 39.3 Å². The van der Waals surface area contributed by atoms with Crippen LogP contribution in [0.1, 0.15) is 19.3 Å². The van der Waals surface area contributed by atoms with Crippen molar-refractivity contribution in [3.05, 3.63) is 0 Å². The third-order valence-corrected chi connectivity index (χ3v) is 4.49. The Bertz CT molecular complexity index is 289. The fourth-order valence-electron chi connectivity index (χ4n) is 2.90. The van der Waals surface area contributed by atoms with Gasteiger partial charge in [-0.3, -0.25) is 4.79 Å². The van der Waals surface area contributed by atoms with Crippen molar-refractivity contribution < 1.29 is 4.79 Å². The highest BCUT2D eigenvalue weighted by Crippen LogP contribution is 2.14. The average Bonchev–Trinajstić information content (AvgIpc) is 2.41. The third kappa shape index (κ3) is 4.75. The summed E-state index contributed by atoms with van der Waals surface area (Å²) in [5, 5.41) is 6.48. The van der Waals surface area contributed by atoms with Crippen LogP contribution >= 0.6 is 0 Å². The molecule has 0 aliphatic carbocycles. The van der Waals surface area contributed by atoms with E-state index in [-0.39, 0.29) is 5.91 Å². The Morgan fingerprint density at radius 1 is 1.26 bits per heavy atom. The Morgan fingerprint density at radius 3 is 2.68 bits per heavy atom. The molecule has 1 amide bonds. The summed E-state index contributed by atoms with van der Waals surface area (Å²) in [7, 11) is 4.27. The van der Waals surface area contributed by atoms with E-state index in [1.165, 1.54) is 12.8 Å². The minimum Gasteiger partial charge on any atom is -0.356 e. The van der Waals surface area contributed by atoms with Gasteiger partial charge in [0.05, 0.1) is 0 Å². The molecule has 0 radical (unpaired) electrons. The minimum absolute atomic E-state index is 0.208. The number of nitrogens with zero attached hydrogens (tertiary/aromatic N) is 2. The van der Waals surface area contributed by atoms with Gasteiger partial charge >= 0.3 is 0 Å². The number of carbonyl (C=O) groups is 1. The van der Waals surface area contributed by atoms with Gasteiger partial charge in [0.2, 0.25) is 5.91 Å². The Balaban J connectivity index is 1.64. The smallest absolute Gasteiger partial charge is 0.221 e. The van der Waals surface area contributed by atoms with Crippen LogP contribution in [-0.4, -0.2) is 75.1 Å². The van der Waals surface area contributed by atoms with Crippen molar-refractivity contribution in [3.8, 4) is 0 Å². The molecule has 2 N–H and O–H groups in total. The van der Waals surface area contributed by atoms with Crippen LogP contribution in [0.4, 0.5) is 0 Å². The first-order valence-corrected chi connectivity index (χ1v) is 7.51. The standard InChI is InChI=1S/C14H28N4O/c1-17-6-3-12(4-7-17)10-16-14(19)9-13-11-15-5-8-18(13)2/h12-13,15H,3-11H2,1-2H3,(H,16,19). The maximum absolute atomic E-state index is 12.0. The van der Waals surface area contributed by atoms with Crippen LogP contribution < -0.4 is 10.6 Å². The highest BCUT2D eigenvalue weighted by molar-refractivity contribution is 5.76. The van der Waals surface area contributed by atoms with Gasteiger partial charge in [-0.15, -0.1) is 0 Å². The van der Waals surface area contributed by atoms with Crippen LogP contribution in [0.2, 0.25) is 0 Å². The van der Waals surface area contributed by atoms with Crippen molar-refractivity contribution in [2.45, 2.75) is 25.3 Å². The van der Waals surface area contributed by atoms with E-state index in [2.05, 4.69) is 34.5 Å². The molecule has 0 spiro atoms. The van der Waals surface area contributed by atoms with Crippen LogP contribution in [0.15, 0.2) is 0 Å². The van der Waals surface area contributed by atoms with Gasteiger partial charge in [0, 0.05) is 38.6 Å². The molecular formula is C14H28N4O. The lowest BCUT2D eigenvalue weighted by molar-refractivity contribution is -0.122. The molecule has 2 fully saturated rings. The van der Waals surface area contributed by atoms with E-state index >= 15 is 0 Å². The summed E-state index contributed by atoms with van der Waals surface area (Å²) in [5.74, 6) is 0.877. The Hall–Kier alpha value is -0.650. The third-order valence-electron chi connectivity index (χ3n) is 4.49. The zero-order valence-corrected chi connectivity index (χ0v) is 12.3. The van der Waals surface area contributed by atoms with E-state index in [1.54, 1.807) is 0 Å². The van der Waals surface area contributed by atoms with Gasteiger partial charge in [0.1, 0.15) is 0 Å². The first-order valence-electron chi connectivity index (χ1n) is 7.51. The molecule has 0 bridgehead atoms. The predicted molar refractivity (Wildman–Crippen MR) is 77.1 cm³/mol.